The number of nitrogens with zero attached hydrogens (tertiary/aromatic N) is 4. The molecule has 0 N–H and O–H groups in total. The van der Waals surface area contributed by atoms with Crippen LogP contribution in [0.3, 0.4) is 0 Å². The molecule has 0 saturated heterocycles. The number of fused-ring (bicyclic) bond motifs is 1. The number of ether oxygens (including phenoxy) is 1. The highest BCUT2D eigenvalue weighted by Gasteiger charge is 2.21. The number of hydrogen-bond acceptors (Lipinski definition) is 5. The average molecular weight is 413 g/mol. The molecule has 2 rings (SSSR count). The summed E-state index contributed by atoms with van der Waals surface area (Å²) in [6.45, 7) is 6.50. The zero-order valence-electron chi connectivity index (χ0n) is 17.4. The quantitative estimate of drug-likeness (QED) is 0.283. The van der Waals surface area contributed by atoms with E-state index in [1.807, 2.05) is 24.8 Å². The van der Waals surface area contributed by atoms with Gasteiger partial charge in [0.2, 0.25) is 5.88 Å². The third-order valence-electron chi connectivity index (χ3n) is 4.63. The van der Waals surface area contributed by atoms with Crippen LogP contribution in [-0.4, -0.2) is 46.9 Å². The molecule has 0 aliphatic rings. The monoisotopic (exact) mass is 412 g/mol. The summed E-state index contributed by atoms with van der Waals surface area (Å²) in [4.78, 5) is 13.4. The third kappa shape index (κ3) is 6.34. The minimum absolute atomic E-state index is 0. The molecule has 0 radical (unpaired) electrons. The Hall–Kier alpha value is -1.86. The Morgan fingerprint density at radius 1 is 1.18 bits per heavy atom. The molecule has 7 nitrogen and oxygen atoms in total. The molecule has 0 aliphatic carbocycles. The predicted molar refractivity (Wildman–Crippen MR) is 116 cm³/mol. The molecule has 0 fully saturated rings. The number of nitro benzene ring substituents is 1. The van der Waals surface area contributed by atoms with Gasteiger partial charge in [0.25, 0.3) is 5.69 Å². The van der Waals surface area contributed by atoms with Crippen LogP contribution in [0.15, 0.2) is 12.1 Å². The largest absolute Gasteiger partial charge is 0.476 e. The van der Waals surface area contributed by atoms with Crippen LogP contribution in [0.4, 0.5) is 5.69 Å². The summed E-state index contributed by atoms with van der Waals surface area (Å²) >= 11 is 0. The van der Waals surface area contributed by atoms with Gasteiger partial charge in [-0.1, -0.05) is 26.7 Å². The molecular formula is C20H33ClN4O3. The molecule has 2 aromatic rings. The van der Waals surface area contributed by atoms with Gasteiger partial charge in [-0.2, -0.15) is 0 Å². The Morgan fingerprint density at radius 2 is 1.89 bits per heavy atom. The number of aryl methyl sites for hydroxylation is 2. The summed E-state index contributed by atoms with van der Waals surface area (Å²) in [5.41, 5.74) is 1.89. The van der Waals surface area contributed by atoms with Crippen molar-refractivity contribution in [3.63, 3.8) is 0 Å². The van der Waals surface area contributed by atoms with E-state index >= 15 is 0 Å². The second-order valence-electron chi connectivity index (χ2n) is 7.25. The Labute approximate surface area is 173 Å². The first kappa shape index (κ1) is 24.2. The fourth-order valence-electron chi connectivity index (χ4n) is 3.09. The highest BCUT2D eigenvalue weighted by Crippen LogP contribution is 2.33. The summed E-state index contributed by atoms with van der Waals surface area (Å²) in [5, 5.41) is 16.9. The minimum atomic E-state index is -0.288. The van der Waals surface area contributed by atoms with Crippen LogP contribution in [0.5, 0.6) is 5.88 Å². The highest BCUT2D eigenvalue weighted by molar-refractivity contribution is 5.88. The molecule has 0 spiro atoms. The second-order valence-corrected chi connectivity index (χ2v) is 7.25. The lowest BCUT2D eigenvalue weighted by atomic mass is 10.0. The van der Waals surface area contributed by atoms with Crippen molar-refractivity contribution >= 4 is 29.0 Å². The van der Waals surface area contributed by atoms with Crippen molar-refractivity contribution in [2.24, 2.45) is 0 Å². The van der Waals surface area contributed by atoms with Gasteiger partial charge in [-0.15, -0.1) is 17.5 Å². The fourth-order valence-corrected chi connectivity index (χ4v) is 3.09. The number of aromatic nitrogens is 2. The molecule has 158 valence electrons. The SMILES string of the molecule is CCCCc1cc2c(cc1[N+](=O)[O-])c(OCCCN(C)C)nn2CCCC.Cl. The molecule has 0 bridgehead atoms. The van der Waals surface area contributed by atoms with E-state index in [9.17, 15) is 10.1 Å². The van der Waals surface area contributed by atoms with Gasteiger partial charge >= 0.3 is 0 Å². The van der Waals surface area contributed by atoms with Crippen molar-refractivity contribution in [3.8, 4) is 5.88 Å². The molecule has 1 aromatic heterocycles. The van der Waals surface area contributed by atoms with Gasteiger partial charge in [0.1, 0.15) is 0 Å². The van der Waals surface area contributed by atoms with Gasteiger partial charge in [-0.25, -0.2) is 0 Å². The summed E-state index contributed by atoms with van der Waals surface area (Å²) in [6, 6.07) is 3.59. The smallest absolute Gasteiger partial charge is 0.273 e. The first-order valence-corrected chi connectivity index (χ1v) is 9.93. The number of nitro groups is 1. The second kappa shape index (κ2) is 11.9. The van der Waals surface area contributed by atoms with E-state index in [0.29, 0.717) is 18.9 Å². The molecule has 0 aliphatic heterocycles. The molecular weight excluding hydrogens is 380 g/mol. The maximum Gasteiger partial charge on any atom is 0.273 e. The van der Waals surface area contributed by atoms with E-state index in [0.717, 1.165) is 61.7 Å². The zero-order valence-corrected chi connectivity index (χ0v) is 18.3. The number of benzene rings is 1. The maximum atomic E-state index is 11.6. The number of hydrogen-bond donors (Lipinski definition) is 0. The Kier molecular flexibility index (Phi) is 10.2. The van der Waals surface area contributed by atoms with E-state index in [1.165, 1.54) is 0 Å². The topological polar surface area (TPSA) is 73.4 Å². The van der Waals surface area contributed by atoms with Crippen LogP contribution in [-0.2, 0) is 13.0 Å². The van der Waals surface area contributed by atoms with Gasteiger partial charge in [0.15, 0.2) is 0 Å². The molecule has 0 unspecified atom stereocenters. The first-order chi connectivity index (χ1) is 13.0. The van der Waals surface area contributed by atoms with Crippen LogP contribution < -0.4 is 4.74 Å². The average Bonchev–Trinajstić information content (AvgIpc) is 2.97. The van der Waals surface area contributed by atoms with E-state index in [4.69, 9.17) is 4.74 Å². The maximum absolute atomic E-state index is 11.6. The Balaban J connectivity index is 0.00000392. The lowest BCUT2D eigenvalue weighted by Crippen LogP contribution is -2.15. The van der Waals surface area contributed by atoms with Gasteiger partial charge in [-0.05, 0) is 45.8 Å². The molecule has 0 saturated carbocycles. The predicted octanol–water partition coefficient (Wildman–Crippen LogP) is 4.84. The van der Waals surface area contributed by atoms with E-state index in [2.05, 4.69) is 23.8 Å². The Morgan fingerprint density at radius 3 is 2.50 bits per heavy atom. The van der Waals surface area contributed by atoms with Crippen LogP contribution in [0.1, 0.15) is 51.5 Å². The lowest BCUT2D eigenvalue weighted by Gasteiger charge is -2.09. The molecule has 1 aromatic carbocycles. The summed E-state index contributed by atoms with van der Waals surface area (Å²) in [6.07, 6.45) is 5.61. The zero-order chi connectivity index (χ0) is 19.8. The van der Waals surface area contributed by atoms with Crippen molar-refractivity contribution in [1.29, 1.82) is 0 Å². The summed E-state index contributed by atoms with van der Waals surface area (Å²) < 4.78 is 7.85. The van der Waals surface area contributed by atoms with Crippen LogP contribution >= 0.6 is 12.4 Å². The molecule has 28 heavy (non-hydrogen) atoms. The van der Waals surface area contributed by atoms with Crippen molar-refractivity contribution in [1.82, 2.24) is 14.7 Å². The molecule has 0 amide bonds. The normalized spacial score (nSPS) is 11.0. The van der Waals surface area contributed by atoms with Gasteiger partial charge in [0.05, 0.1) is 22.4 Å². The van der Waals surface area contributed by atoms with Gasteiger partial charge in [-0.3, -0.25) is 14.8 Å². The molecule has 8 heteroatoms. The van der Waals surface area contributed by atoms with Crippen LogP contribution in [0.25, 0.3) is 10.9 Å². The first-order valence-electron chi connectivity index (χ1n) is 9.93. The number of halogens is 1. The molecule has 1 heterocycles. The van der Waals surface area contributed by atoms with Crippen LogP contribution in [0.2, 0.25) is 0 Å². The van der Waals surface area contributed by atoms with E-state index in [1.54, 1.807) is 6.07 Å². The van der Waals surface area contributed by atoms with Crippen molar-refractivity contribution < 1.29 is 9.66 Å². The van der Waals surface area contributed by atoms with Crippen molar-refractivity contribution in [2.45, 2.75) is 58.9 Å². The molecule has 0 atom stereocenters. The van der Waals surface area contributed by atoms with E-state index in [-0.39, 0.29) is 23.0 Å². The lowest BCUT2D eigenvalue weighted by molar-refractivity contribution is -0.385. The third-order valence-corrected chi connectivity index (χ3v) is 4.63. The standard InChI is InChI=1S/C20H32N4O3.ClH/c1-5-7-10-16-14-19-17(15-18(16)24(25)26)20(21-23(19)12-8-6-2)27-13-9-11-22(3)4;/h14-15H,5-13H2,1-4H3;1H. The van der Waals surface area contributed by atoms with E-state index < -0.39 is 0 Å². The minimum Gasteiger partial charge on any atom is -0.476 e. The summed E-state index contributed by atoms with van der Waals surface area (Å²) in [5.74, 6) is 0.505. The van der Waals surface area contributed by atoms with Gasteiger partial charge in [0, 0.05) is 24.7 Å². The number of unbranched alkanes of at least 4 members (excludes halogenated alkanes) is 2. The van der Waals surface area contributed by atoms with Crippen molar-refractivity contribution in [3.05, 3.63) is 27.8 Å². The van der Waals surface area contributed by atoms with Crippen LogP contribution in [0, 0.1) is 10.1 Å². The fraction of sp³-hybridized carbons (Fsp3) is 0.650. The van der Waals surface area contributed by atoms with Gasteiger partial charge < -0.3 is 9.64 Å². The highest BCUT2D eigenvalue weighted by atomic mass is 35.5. The Bertz CT molecular complexity index is 761. The van der Waals surface area contributed by atoms with Crippen molar-refractivity contribution in [2.75, 3.05) is 27.2 Å². The number of rotatable bonds is 12. The summed E-state index contributed by atoms with van der Waals surface area (Å²) in [7, 11) is 4.05.